The number of halogens is 2. The molecule has 0 bridgehead atoms. The van der Waals surface area contributed by atoms with Crippen LogP contribution in [0.25, 0.3) is 0 Å². The van der Waals surface area contributed by atoms with Crippen LogP contribution in [0.1, 0.15) is 32.3 Å². The van der Waals surface area contributed by atoms with E-state index in [1.807, 2.05) is 0 Å². The predicted octanol–water partition coefficient (Wildman–Crippen LogP) is 3.43. The first-order chi connectivity index (χ1) is 9.94. The SMILES string of the molecule is CN=C(NCC(C)(C)c1ccc(F)cc1Cl)N1CCCC1. The molecule has 116 valence electrons. The van der Waals surface area contributed by atoms with Crippen molar-refractivity contribution in [3.8, 4) is 0 Å². The molecule has 1 fully saturated rings. The van der Waals surface area contributed by atoms with Gasteiger partial charge in [0.15, 0.2) is 5.96 Å². The van der Waals surface area contributed by atoms with Crippen LogP contribution in [0.2, 0.25) is 5.02 Å². The van der Waals surface area contributed by atoms with Gasteiger partial charge in [-0.3, -0.25) is 4.99 Å². The van der Waals surface area contributed by atoms with E-state index >= 15 is 0 Å². The van der Waals surface area contributed by atoms with Crippen molar-refractivity contribution < 1.29 is 4.39 Å². The third-order valence-electron chi connectivity index (χ3n) is 3.97. The zero-order chi connectivity index (χ0) is 15.5. The summed E-state index contributed by atoms with van der Waals surface area (Å²) in [5.41, 5.74) is 0.732. The summed E-state index contributed by atoms with van der Waals surface area (Å²) in [6.45, 7) is 6.99. The minimum absolute atomic E-state index is 0.208. The van der Waals surface area contributed by atoms with E-state index in [-0.39, 0.29) is 11.2 Å². The Hall–Kier alpha value is -1.29. The number of aliphatic imine (C=N–C) groups is 1. The van der Waals surface area contributed by atoms with Crippen LogP contribution in [0.4, 0.5) is 4.39 Å². The third kappa shape index (κ3) is 3.88. The van der Waals surface area contributed by atoms with Gasteiger partial charge in [-0.05, 0) is 30.5 Å². The van der Waals surface area contributed by atoms with Gasteiger partial charge < -0.3 is 10.2 Å². The quantitative estimate of drug-likeness (QED) is 0.684. The number of nitrogens with one attached hydrogen (secondary N) is 1. The third-order valence-corrected chi connectivity index (χ3v) is 4.28. The van der Waals surface area contributed by atoms with Gasteiger partial charge in [0.05, 0.1) is 0 Å². The summed E-state index contributed by atoms with van der Waals surface area (Å²) < 4.78 is 13.2. The van der Waals surface area contributed by atoms with Gasteiger partial charge in [-0.15, -0.1) is 0 Å². The molecule has 1 heterocycles. The fourth-order valence-electron chi connectivity index (χ4n) is 2.69. The number of guanidine groups is 1. The largest absolute Gasteiger partial charge is 0.355 e. The molecular formula is C16H23ClFN3. The van der Waals surface area contributed by atoms with Crippen molar-refractivity contribution in [3.63, 3.8) is 0 Å². The van der Waals surface area contributed by atoms with Crippen LogP contribution in [-0.2, 0) is 5.41 Å². The first-order valence-corrected chi connectivity index (χ1v) is 7.73. The highest BCUT2D eigenvalue weighted by Gasteiger charge is 2.25. The zero-order valence-corrected chi connectivity index (χ0v) is 13.7. The van der Waals surface area contributed by atoms with E-state index in [0.717, 1.165) is 24.6 Å². The number of likely N-dealkylation sites (tertiary alicyclic amines) is 1. The highest BCUT2D eigenvalue weighted by atomic mass is 35.5. The summed E-state index contributed by atoms with van der Waals surface area (Å²) in [5, 5.41) is 3.89. The molecule has 1 saturated heterocycles. The van der Waals surface area contributed by atoms with Gasteiger partial charge in [0.25, 0.3) is 0 Å². The van der Waals surface area contributed by atoms with Gasteiger partial charge in [0.2, 0.25) is 0 Å². The summed E-state index contributed by atoms with van der Waals surface area (Å²) in [6, 6.07) is 4.59. The molecular weight excluding hydrogens is 289 g/mol. The molecule has 0 unspecified atom stereocenters. The summed E-state index contributed by atoms with van der Waals surface area (Å²) >= 11 is 6.18. The van der Waals surface area contributed by atoms with Crippen LogP contribution >= 0.6 is 11.6 Å². The van der Waals surface area contributed by atoms with E-state index in [9.17, 15) is 4.39 Å². The molecule has 1 aromatic carbocycles. The molecule has 0 radical (unpaired) electrons. The number of hydrogen-bond acceptors (Lipinski definition) is 1. The molecule has 0 saturated carbocycles. The lowest BCUT2D eigenvalue weighted by Gasteiger charge is -2.29. The summed E-state index contributed by atoms with van der Waals surface area (Å²) in [5.74, 6) is 0.624. The Morgan fingerprint density at radius 3 is 2.62 bits per heavy atom. The fourth-order valence-corrected chi connectivity index (χ4v) is 3.12. The summed E-state index contributed by atoms with van der Waals surface area (Å²) in [7, 11) is 1.80. The average Bonchev–Trinajstić information content (AvgIpc) is 2.93. The standard InChI is InChI=1S/C16H23ClFN3/c1-16(2,13-7-6-12(18)10-14(13)17)11-20-15(19-3)21-8-4-5-9-21/h6-7,10H,4-5,8-9,11H2,1-3H3,(H,19,20). The minimum Gasteiger partial charge on any atom is -0.355 e. The van der Waals surface area contributed by atoms with Crippen molar-refractivity contribution in [2.24, 2.45) is 4.99 Å². The van der Waals surface area contributed by atoms with Crippen LogP contribution in [0.3, 0.4) is 0 Å². The molecule has 0 aliphatic carbocycles. The molecule has 0 aromatic heterocycles. The Morgan fingerprint density at radius 2 is 2.05 bits per heavy atom. The minimum atomic E-state index is -0.305. The second kappa shape index (κ2) is 6.65. The molecule has 3 nitrogen and oxygen atoms in total. The smallest absolute Gasteiger partial charge is 0.193 e. The fraction of sp³-hybridized carbons (Fsp3) is 0.562. The van der Waals surface area contributed by atoms with Crippen molar-refractivity contribution >= 4 is 17.6 Å². The predicted molar refractivity (Wildman–Crippen MR) is 86.6 cm³/mol. The number of rotatable bonds is 3. The van der Waals surface area contributed by atoms with E-state index in [1.54, 1.807) is 13.1 Å². The van der Waals surface area contributed by atoms with Crippen molar-refractivity contribution in [2.45, 2.75) is 32.1 Å². The van der Waals surface area contributed by atoms with Crippen LogP contribution in [0.15, 0.2) is 23.2 Å². The maximum absolute atomic E-state index is 13.2. The first kappa shape index (κ1) is 16.1. The lowest BCUT2D eigenvalue weighted by molar-refractivity contribution is 0.458. The van der Waals surface area contributed by atoms with Gasteiger partial charge >= 0.3 is 0 Å². The molecule has 2 rings (SSSR count). The van der Waals surface area contributed by atoms with Crippen molar-refractivity contribution in [3.05, 3.63) is 34.6 Å². The highest BCUT2D eigenvalue weighted by molar-refractivity contribution is 6.31. The molecule has 5 heteroatoms. The maximum Gasteiger partial charge on any atom is 0.193 e. The van der Waals surface area contributed by atoms with Crippen LogP contribution < -0.4 is 5.32 Å². The molecule has 0 atom stereocenters. The average molecular weight is 312 g/mol. The summed E-state index contributed by atoms with van der Waals surface area (Å²) in [6.07, 6.45) is 2.43. The zero-order valence-electron chi connectivity index (χ0n) is 12.9. The topological polar surface area (TPSA) is 27.6 Å². The second-order valence-corrected chi connectivity index (χ2v) is 6.51. The van der Waals surface area contributed by atoms with Gasteiger partial charge in [0, 0.05) is 37.1 Å². The van der Waals surface area contributed by atoms with Crippen molar-refractivity contribution in [1.29, 1.82) is 0 Å². The van der Waals surface area contributed by atoms with E-state index in [0.29, 0.717) is 11.6 Å². The number of hydrogen-bond donors (Lipinski definition) is 1. The molecule has 21 heavy (non-hydrogen) atoms. The van der Waals surface area contributed by atoms with E-state index in [4.69, 9.17) is 11.6 Å². The Bertz CT molecular complexity index is 522. The Labute approximate surface area is 131 Å². The monoisotopic (exact) mass is 311 g/mol. The molecule has 1 aliphatic heterocycles. The Kier molecular flexibility index (Phi) is 5.09. The summed E-state index contributed by atoms with van der Waals surface area (Å²) in [4.78, 5) is 6.61. The van der Waals surface area contributed by atoms with Crippen molar-refractivity contribution in [2.75, 3.05) is 26.7 Å². The molecule has 1 aliphatic rings. The molecule has 0 spiro atoms. The number of nitrogens with zero attached hydrogens (tertiary/aromatic N) is 2. The van der Waals surface area contributed by atoms with Gasteiger partial charge in [-0.2, -0.15) is 0 Å². The van der Waals surface area contributed by atoms with Gasteiger partial charge in [0.1, 0.15) is 5.82 Å². The first-order valence-electron chi connectivity index (χ1n) is 7.35. The molecule has 1 aromatic rings. The second-order valence-electron chi connectivity index (χ2n) is 6.10. The highest BCUT2D eigenvalue weighted by Crippen LogP contribution is 2.30. The van der Waals surface area contributed by atoms with Crippen LogP contribution in [-0.4, -0.2) is 37.5 Å². The molecule has 1 N–H and O–H groups in total. The normalized spacial score (nSPS) is 16.4. The lowest BCUT2D eigenvalue weighted by atomic mass is 9.84. The van der Waals surface area contributed by atoms with Crippen LogP contribution in [0.5, 0.6) is 0 Å². The van der Waals surface area contributed by atoms with E-state index in [1.165, 1.54) is 25.0 Å². The van der Waals surface area contributed by atoms with E-state index in [2.05, 4.69) is 29.1 Å². The van der Waals surface area contributed by atoms with Crippen LogP contribution in [0, 0.1) is 5.82 Å². The Balaban J connectivity index is 2.06. The maximum atomic E-state index is 13.2. The van der Waals surface area contributed by atoms with Crippen molar-refractivity contribution in [1.82, 2.24) is 10.2 Å². The lowest BCUT2D eigenvalue weighted by Crippen LogP contribution is -2.44. The molecule has 0 amide bonds. The van der Waals surface area contributed by atoms with Gasteiger partial charge in [-0.25, -0.2) is 4.39 Å². The van der Waals surface area contributed by atoms with Gasteiger partial charge in [-0.1, -0.05) is 31.5 Å². The Morgan fingerprint density at radius 1 is 1.38 bits per heavy atom. The van der Waals surface area contributed by atoms with E-state index < -0.39 is 0 Å². The number of benzene rings is 1.